The Labute approximate surface area is 114 Å². The zero-order valence-corrected chi connectivity index (χ0v) is 11.2. The van der Waals surface area contributed by atoms with Crippen LogP contribution >= 0.6 is 0 Å². The normalized spacial score (nSPS) is 14.2. The highest BCUT2D eigenvalue weighted by atomic mass is 16.2. The minimum absolute atomic E-state index is 0.0426. The van der Waals surface area contributed by atoms with Gasteiger partial charge in [0.2, 0.25) is 0 Å². The van der Waals surface area contributed by atoms with Crippen molar-refractivity contribution < 1.29 is 9.90 Å². The van der Waals surface area contributed by atoms with Crippen molar-refractivity contribution in [2.75, 3.05) is 13.2 Å². The summed E-state index contributed by atoms with van der Waals surface area (Å²) in [4.78, 5) is 12.0. The Morgan fingerprint density at radius 3 is 2.89 bits per heavy atom. The van der Waals surface area contributed by atoms with Crippen molar-refractivity contribution in [2.45, 2.75) is 26.2 Å². The molecule has 0 aliphatic heterocycles. The van der Waals surface area contributed by atoms with Crippen molar-refractivity contribution in [3.63, 3.8) is 0 Å². The van der Waals surface area contributed by atoms with Crippen molar-refractivity contribution in [3.05, 3.63) is 34.9 Å². The second-order valence-electron chi connectivity index (χ2n) is 5.00. The molecule has 1 aliphatic carbocycles. The Bertz CT molecular complexity index is 521. The van der Waals surface area contributed by atoms with E-state index in [0.717, 1.165) is 17.7 Å². The second-order valence-corrected chi connectivity index (χ2v) is 5.00. The fourth-order valence-corrected chi connectivity index (χ4v) is 2.07. The molecule has 1 aromatic rings. The smallest absolute Gasteiger partial charge is 0.251 e. The van der Waals surface area contributed by atoms with E-state index >= 15 is 0 Å². The van der Waals surface area contributed by atoms with Crippen LogP contribution in [-0.2, 0) is 0 Å². The molecule has 19 heavy (non-hydrogen) atoms. The lowest BCUT2D eigenvalue weighted by Gasteiger charge is -2.25. The number of amides is 1. The lowest BCUT2D eigenvalue weighted by atomic mass is 9.85. The number of aliphatic hydroxyl groups is 1. The van der Waals surface area contributed by atoms with Gasteiger partial charge in [0.05, 0.1) is 0 Å². The summed E-state index contributed by atoms with van der Waals surface area (Å²) in [7, 11) is 0. The Morgan fingerprint density at radius 1 is 1.47 bits per heavy atom. The van der Waals surface area contributed by atoms with Gasteiger partial charge in [0.25, 0.3) is 5.91 Å². The molecule has 2 rings (SSSR count). The molecule has 1 fully saturated rings. The minimum Gasteiger partial charge on any atom is -0.384 e. The molecule has 100 valence electrons. The van der Waals surface area contributed by atoms with Gasteiger partial charge >= 0.3 is 0 Å². The van der Waals surface area contributed by atoms with Crippen LogP contribution < -0.4 is 5.32 Å². The van der Waals surface area contributed by atoms with E-state index < -0.39 is 0 Å². The molecule has 0 atom stereocenters. The number of rotatable bonds is 3. The van der Waals surface area contributed by atoms with Crippen LogP contribution in [0.4, 0.5) is 0 Å². The molecular weight excluding hydrogens is 238 g/mol. The summed E-state index contributed by atoms with van der Waals surface area (Å²) < 4.78 is 0. The Balaban J connectivity index is 2.04. The third kappa shape index (κ3) is 3.59. The number of aryl methyl sites for hydroxylation is 1. The first-order chi connectivity index (χ1) is 9.20. The molecule has 1 aromatic carbocycles. The van der Waals surface area contributed by atoms with Crippen LogP contribution in [0.5, 0.6) is 0 Å². The van der Waals surface area contributed by atoms with Crippen LogP contribution in [0.25, 0.3) is 0 Å². The summed E-state index contributed by atoms with van der Waals surface area (Å²) in [6, 6.07) is 5.49. The molecule has 0 unspecified atom stereocenters. The summed E-state index contributed by atoms with van der Waals surface area (Å²) in [5, 5.41) is 11.7. The fraction of sp³-hybridized carbons (Fsp3) is 0.438. The average molecular weight is 257 g/mol. The molecule has 0 saturated heterocycles. The molecule has 0 heterocycles. The van der Waals surface area contributed by atoms with Gasteiger partial charge in [0.1, 0.15) is 6.61 Å². The molecule has 3 heteroatoms. The van der Waals surface area contributed by atoms with Gasteiger partial charge in [0, 0.05) is 17.7 Å². The molecule has 0 spiro atoms. The number of aliphatic hydroxyl groups excluding tert-OH is 1. The van der Waals surface area contributed by atoms with E-state index in [2.05, 4.69) is 17.2 Å². The van der Waals surface area contributed by atoms with E-state index in [1.165, 1.54) is 19.3 Å². The Morgan fingerprint density at radius 2 is 2.26 bits per heavy atom. The van der Waals surface area contributed by atoms with Crippen LogP contribution in [-0.4, -0.2) is 24.2 Å². The maximum absolute atomic E-state index is 12.0. The molecule has 0 radical (unpaired) electrons. The number of hydrogen-bond acceptors (Lipinski definition) is 2. The highest BCUT2D eigenvalue weighted by molar-refractivity contribution is 5.94. The monoisotopic (exact) mass is 257 g/mol. The van der Waals surface area contributed by atoms with Gasteiger partial charge in [-0.05, 0) is 43.4 Å². The van der Waals surface area contributed by atoms with Gasteiger partial charge in [-0.25, -0.2) is 0 Å². The minimum atomic E-state index is -0.169. The number of nitrogens with one attached hydrogen (secondary N) is 1. The highest BCUT2D eigenvalue weighted by Crippen LogP contribution is 2.25. The van der Waals surface area contributed by atoms with Gasteiger partial charge in [-0.1, -0.05) is 24.3 Å². The van der Waals surface area contributed by atoms with E-state index in [0.29, 0.717) is 11.5 Å². The summed E-state index contributed by atoms with van der Waals surface area (Å²) in [6.07, 6.45) is 3.73. The van der Waals surface area contributed by atoms with Crippen LogP contribution in [0.3, 0.4) is 0 Å². The third-order valence-corrected chi connectivity index (χ3v) is 3.58. The zero-order valence-electron chi connectivity index (χ0n) is 11.2. The molecule has 1 aliphatic rings. The van der Waals surface area contributed by atoms with Gasteiger partial charge in [-0.3, -0.25) is 4.79 Å². The van der Waals surface area contributed by atoms with Crippen molar-refractivity contribution in [2.24, 2.45) is 5.92 Å². The summed E-state index contributed by atoms with van der Waals surface area (Å²) in [6.45, 7) is 2.54. The van der Waals surface area contributed by atoms with Crippen molar-refractivity contribution in [1.82, 2.24) is 5.32 Å². The quantitative estimate of drug-likeness (QED) is 0.812. The number of benzene rings is 1. The lowest BCUT2D eigenvalue weighted by Crippen LogP contribution is -2.32. The molecular formula is C16H19NO2. The Hall–Kier alpha value is -1.79. The van der Waals surface area contributed by atoms with E-state index in [9.17, 15) is 4.79 Å². The first-order valence-corrected chi connectivity index (χ1v) is 6.69. The molecule has 2 N–H and O–H groups in total. The summed E-state index contributed by atoms with van der Waals surface area (Å²) in [5.41, 5.74) is 2.44. The van der Waals surface area contributed by atoms with Crippen molar-refractivity contribution in [3.8, 4) is 11.8 Å². The largest absolute Gasteiger partial charge is 0.384 e. The lowest BCUT2D eigenvalue weighted by molar-refractivity contribution is 0.0939. The van der Waals surface area contributed by atoms with E-state index in [1.54, 1.807) is 6.07 Å². The van der Waals surface area contributed by atoms with Crippen molar-refractivity contribution >= 4 is 5.91 Å². The molecule has 0 aromatic heterocycles. The molecule has 0 bridgehead atoms. The van der Waals surface area contributed by atoms with Crippen LogP contribution in [0, 0.1) is 24.7 Å². The van der Waals surface area contributed by atoms with Gasteiger partial charge in [-0.15, -0.1) is 0 Å². The number of hydrogen-bond donors (Lipinski definition) is 2. The maximum atomic E-state index is 12.0. The van der Waals surface area contributed by atoms with E-state index in [-0.39, 0.29) is 12.5 Å². The van der Waals surface area contributed by atoms with Crippen LogP contribution in [0.2, 0.25) is 0 Å². The zero-order chi connectivity index (χ0) is 13.7. The fourth-order valence-electron chi connectivity index (χ4n) is 2.07. The van der Waals surface area contributed by atoms with Crippen LogP contribution in [0.15, 0.2) is 18.2 Å². The predicted octanol–water partition coefficient (Wildman–Crippen LogP) is 1.87. The first-order valence-electron chi connectivity index (χ1n) is 6.69. The molecule has 3 nitrogen and oxygen atoms in total. The third-order valence-electron chi connectivity index (χ3n) is 3.58. The first kappa shape index (κ1) is 13.6. The van der Waals surface area contributed by atoms with E-state index in [1.807, 2.05) is 19.1 Å². The van der Waals surface area contributed by atoms with Crippen LogP contribution in [0.1, 0.15) is 40.7 Å². The van der Waals surface area contributed by atoms with Gasteiger partial charge < -0.3 is 10.4 Å². The topological polar surface area (TPSA) is 49.3 Å². The SMILES string of the molecule is Cc1ccc(C(=O)NCC2CCC2)cc1C#CCO. The van der Waals surface area contributed by atoms with Gasteiger partial charge in [0.15, 0.2) is 0 Å². The number of carbonyl (C=O) groups is 1. The number of carbonyl (C=O) groups excluding carboxylic acids is 1. The standard InChI is InChI=1S/C16H19NO2/c1-12-7-8-15(10-14(12)6-3-9-18)16(19)17-11-13-4-2-5-13/h7-8,10,13,18H,2,4-5,9,11H2,1H3,(H,17,19). The molecule has 1 saturated carbocycles. The second kappa shape index (κ2) is 6.40. The summed E-state index contributed by atoms with van der Waals surface area (Å²) >= 11 is 0. The highest BCUT2D eigenvalue weighted by Gasteiger charge is 2.18. The molecule has 1 amide bonds. The van der Waals surface area contributed by atoms with E-state index in [4.69, 9.17) is 5.11 Å². The Kier molecular flexibility index (Phi) is 4.59. The van der Waals surface area contributed by atoms with Gasteiger partial charge in [-0.2, -0.15) is 0 Å². The predicted molar refractivity (Wildman–Crippen MR) is 74.8 cm³/mol. The van der Waals surface area contributed by atoms with Crippen molar-refractivity contribution in [1.29, 1.82) is 0 Å². The summed E-state index contributed by atoms with van der Waals surface area (Å²) in [5.74, 6) is 6.09. The maximum Gasteiger partial charge on any atom is 0.251 e. The average Bonchev–Trinajstić information content (AvgIpc) is 2.35.